The number of aryl methyl sites for hydroxylation is 2. The van der Waals surface area contributed by atoms with Crippen LogP contribution in [-0.4, -0.2) is 20.9 Å². The van der Waals surface area contributed by atoms with Crippen LogP contribution < -0.4 is 4.74 Å². The lowest BCUT2D eigenvalue weighted by Gasteiger charge is -2.12. The Labute approximate surface area is 187 Å². The number of allylic oxidation sites excluding steroid dienone is 1. The number of aromatic nitrogens is 2. The van der Waals surface area contributed by atoms with Gasteiger partial charge in [-0.2, -0.15) is 5.10 Å². The van der Waals surface area contributed by atoms with Gasteiger partial charge in [-0.05, 0) is 47.4 Å². The van der Waals surface area contributed by atoms with Crippen LogP contribution in [0.3, 0.4) is 0 Å². The van der Waals surface area contributed by atoms with Crippen LogP contribution >= 0.6 is 0 Å². The van der Waals surface area contributed by atoms with Gasteiger partial charge in [0.15, 0.2) is 0 Å². The maximum Gasteiger partial charge on any atom is 0.304 e. The van der Waals surface area contributed by atoms with E-state index in [1.807, 2.05) is 41.2 Å². The van der Waals surface area contributed by atoms with Crippen LogP contribution in [0.1, 0.15) is 29.0 Å². The number of benzene rings is 3. The van der Waals surface area contributed by atoms with Crippen LogP contribution in [0.25, 0.3) is 10.9 Å². The highest BCUT2D eigenvalue weighted by Crippen LogP contribution is 2.24. The van der Waals surface area contributed by atoms with Crippen molar-refractivity contribution in [2.45, 2.75) is 31.9 Å². The predicted octanol–water partition coefficient (Wildman–Crippen LogP) is 5.60. The van der Waals surface area contributed by atoms with E-state index in [-0.39, 0.29) is 12.3 Å². The summed E-state index contributed by atoms with van der Waals surface area (Å²) in [6, 6.07) is 24.2. The lowest BCUT2D eigenvalue weighted by molar-refractivity contribution is -0.137. The van der Waals surface area contributed by atoms with Gasteiger partial charge in [0, 0.05) is 17.8 Å². The molecule has 0 saturated carbocycles. The summed E-state index contributed by atoms with van der Waals surface area (Å²) < 4.78 is 7.97. The van der Waals surface area contributed by atoms with Crippen molar-refractivity contribution in [1.29, 1.82) is 0 Å². The molecule has 4 rings (SSSR count). The topological polar surface area (TPSA) is 64.3 Å². The summed E-state index contributed by atoms with van der Waals surface area (Å²) >= 11 is 0. The van der Waals surface area contributed by atoms with Crippen LogP contribution in [0.4, 0.5) is 0 Å². The molecule has 32 heavy (non-hydrogen) atoms. The number of nitrogens with zero attached hydrogens (tertiary/aromatic N) is 2. The van der Waals surface area contributed by atoms with Crippen molar-refractivity contribution < 1.29 is 14.6 Å². The molecule has 0 spiro atoms. The van der Waals surface area contributed by atoms with Crippen molar-refractivity contribution in [3.63, 3.8) is 0 Å². The van der Waals surface area contributed by atoms with Crippen LogP contribution in [0.2, 0.25) is 0 Å². The molecule has 0 amide bonds. The molecule has 5 nitrogen and oxygen atoms in total. The van der Waals surface area contributed by atoms with Gasteiger partial charge >= 0.3 is 5.97 Å². The smallest absolute Gasteiger partial charge is 0.304 e. The standard InChI is InChI=1S/C27H26N2O3/c1-2-22(17-27(30)31)23-9-11-25(12-10-23)32-19-21-8-13-26-24(16-21)18-28-29(26)15-14-20-6-4-3-5-7-20/h2-13,16,18,22H,1,14-15,17,19H2,(H,30,31)/t22-/m0/s1. The number of ether oxygens (including phenoxy) is 1. The fourth-order valence-corrected chi connectivity index (χ4v) is 3.79. The Morgan fingerprint density at radius 1 is 1.06 bits per heavy atom. The molecule has 0 fully saturated rings. The highest BCUT2D eigenvalue weighted by Gasteiger charge is 2.12. The van der Waals surface area contributed by atoms with Crippen molar-refractivity contribution in [3.05, 3.63) is 108 Å². The Morgan fingerprint density at radius 3 is 2.56 bits per heavy atom. The first-order valence-electron chi connectivity index (χ1n) is 10.7. The molecular weight excluding hydrogens is 400 g/mol. The van der Waals surface area contributed by atoms with Crippen molar-refractivity contribution in [2.24, 2.45) is 0 Å². The number of hydrogen-bond donors (Lipinski definition) is 1. The van der Waals surface area contributed by atoms with Crippen molar-refractivity contribution in [1.82, 2.24) is 9.78 Å². The Bertz CT molecular complexity index is 1200. The zero-order valence-corrected chi connectivity index (χ0v) is 17.9. The van der Waals surface area contributed by atoms with E-state index < -0.39 is 5.97 Å². The van der Waals surface area contributed by atoms with Crippen LogP contribution in [0.15, 0.2) is 91.6 Å². The number of carbonyl (C=O) groups is 1. The molecule has 1 N–H and O–H groups in total. The molecule has 4 aromatic rings. The molecule has 0 saturated heterocycles. The SMILES string of the molecule is C=C[C@@H](CC(=O)O)c1ccc(OCc2ccc3c(cnn3CCc3ccccc3)c2)cc1. The van der Waals surface area contributed by atoms with Gasteiger partial charge in [-0.25, -0.2) is 0 Å². The van der Waals surface area contributed by atoms with Gasteiger partial charge in [-0.15, -0.1) is 6.58 Å². The van der Waals surface area contributed by atoms with E-state index in [1.54, 1.807) is 6.08 Å². The fraction of sp³-hybridized carbons (Fsp3) is 0.185. The van der Waals surface area contributed by atoms with E-state index in [4.69, 9.17) is 9.84 Å². The van der Waals surface area contributed by atoms with Crippen LogP contribution in [0.5, 0.6) is 5.75 Å². The molecule has 0 bridgehead atoms. The van der Waals surface area contributed by atoms with Gasteiger partial charge in [-0.3, -0.25) is 9.48 Å². The zero-order valence-electron chi connectivity index (χ0n) is 17.9. The first kappa shape index (κ1) is 21.4. The maximum atomic E-state index is 11.0. The number of fused-ring (bicyclic) bond motifs is 1. The number of rotatable bonds is 10. The summed E-state index contributed by atoms with van der Waals surface area (Å²) in [5.41, 5.74) is 4.40. The molecular formula is C27H26N2O3. The first-order valence-corrected chi connectivity index (χ1v) is 10.7. The summed E-state index contributed by atoms with van der Waals surface area (Å²) in [6.45, 7) is 5.03. The minimum atomic E-state index is -0.839. The normalized spacial score (nSPS) is 11.9. The molecule has 3 aromatic carbocycles. The number of hydrogen-bond acceptors (Lipinski definition) is 3. The van der Waals surface area contributed by atoms with Gasteiger partial charge in [0.1, 0.15) is 12.4 Å². The monoisotopic (exact) mass is 426 g/mol. The Hall–Kier alpha value is -3.86. The number of aliphatic carboxylic acids is 1. The highest BCUT2D eigenvalue weighted by atomic mass is 16.5. The summed E-state index contributed by atoms with van der Waals surface area (Å²) in [7, 11) is 0. The lowest BCUT2D eigenvalue weighted by atomic mass is 9.96. The average molecular weight is 427 g/mol. The molecule has 162 valence electrons. The quantitative estimate of drug-likeness (QED) is 0.335. The molecule has 0 unspecified atom stereocenters. The Balaban J connectivity index is 1.37. The number of carboxylic acids is 1. The second kappa shape index (κ2) is 9.96. The third kappa shape index (κ3) is 5.24. The predicted molar refractivity (Wildman–Crippen MR) is 126 cm³/mol. The molecule has 1 heterocycles. The van der Waals surface area contributed by atoms with Crippen molar-refractivity contribution in [2.75, 3.05) is 0 Å². The zero-order chi connectivity index (χ0) is 22.3. The minimum Gasteiger partial charge on any atom is -0.489 e. The van der Waals surface area contributed by atoms with Crippen molar-refractivity contribution in [3.8, 4) is 5.75 Å². The second-order valence-corrected chi connectivity index (χ2v) is 7.79. The largest absolute Gasteiger partial charge is 0.489 e. The van der Waals surface area contributed by atoms with E-state index in [2.05, 4.69) is 54.1 Å². The van der Waals surface area contributed by atoms with Crippen LogP contribution in [-0.2, 0) is 24.4 Å². The molecule has 5 heteroatoms. The lowest BCUT2D eigenvalue weighted by Crippen LogP contribution is -2.04. The summed E-state index contributed by atoms with van der Waals surface area (Å²) in [6.07, 6.45) is 4.54. The van der Waals surface area contributed by atoms with Crippen LogP contribution in [0, 0.1) is 0 Å². The van der Waals surface area contributed by atoms with E-state index >= 15 is 0 Å². The minimum absolute atomic E-state index is 0.0305. The molecule has 1 atom stereocenters. The van der Waals surface area contributed by atoms with E-state index in [9.17, 15) is 4.79 Å². The van der Waals surface area contributed by atoms with Gasteiger partial charge < -0.3 is 9.84 Å². The van der Waals surface area contributed by atoms with Gasteiger partial charge in [0.2, 0.25) is 0 Å². The molecule has 1 aromatic heterocycles. The number of carboxylic acid groups (broad SMARTS) is 1. The maximum absolute atomic E-state index is 11.0. The van der Waals surface area contributed by atoms with E-state index in [0.29, 0.717) is 6.61 Å². The Morgan fingerprint density at radius 2 is 1.84 bits per heavy atom. The third-order valence-corrected chi connectivity index (χ3v) is 5.55. The first-order chi connectivity index (χ1) is 15.6. The van der Waals surface area contributed by atoms with Gasteiger partial charge in [0.05, 0.1) is 18.1 Å². The summed E-state index contributed by atoms with van der Waals surface area (Å²) in [4.78, 5) is 11.0. The third-order valence-electron chi connectivity index (χ3n) is 5.55. The second-order valence-electron chi connectivity index (χ2n) is 7.79. The Kier molecular flexibility index (Phi) is 6.66. The molecule has 0 radical (unpaired) electrons. The van der Waals surface area contributed by atoms with Gasteiger partial charge in [0.25, 0.3) is 0 Å². The highest BCUT2D eigenvalue weighted by molar-refractivity contribution is 5.79. The average Bonchev–Trinajstić information content (AvgIpc) is 3.23. The molecule has 0 aliphatic rings. The van der Waals surface area contributed by atoms with Crippen molar-refractivity contribution >= 4 is 16.9 Å². The van der Waals surface area contributed by atoms with E-state index in [1.165, 1.54) is 5.56 Å². The summed E-state index contributed by atoms with van der Waals surface area (Å²) in [5, 5.41) is 14.7. The van der Waals surface area contributed by atoms with Gasteiger partial charge in [-0.1, -0.05) is 54.6 Å². The molecule has 0 aliphatic carbocycles. The van der Waals surface area contributed by atoms with E-state index in [0.717, 1.165) is 40.7 Å². The molecule has 0 aliphatic heterocycles. The fourth-order valence-electron chi connectivity index (χ4n) is 3.79. The summed E-state index contributed by atoms with van der Waals surface area (Å²) in [5.74, 6) is -0.304.